The molecule has 120 valence electrons. The van der Waals surface area contributed by atoms with Crippen molar-refractivity contribution in [1.29, 1.82) is 0 Å². The van der Waals surface area contributed by atoms with Gasteiger partial charge in [-0.05, 0) is 18.1 Å². The highest BCUT2D eigenvalue weighted by Gasteiger charge is 2.24. The lowest BCUT2D eigenvalue weighted by Gasteiger charge is -2.25. The lowest BCUT2D eigenvalue weighted by atomic mass is 10.1. The number of rotatable bonds is 6. The van der Waals surface area contributed by atoms with Gasteiger partial charge in [0.25, 0.3) is 0 Å². The van der Waals surface area contributed by atoms with Gasteiger partial charge in [0.15, 0.2) is 0 Å². The zero-order valence-corrected chi connectivity index (χ0v) is 13.1. The van der Waals surface area contributed by atoms with Gasteiger partial charge in [0, 0.05) is 31.6 Å². The first-order chi connectivity index (χ1) is 11.2. The van der Waals surface area contributed by atoms with Gasteiger partial charge in [0.2, 0.25) is 5.91 Å². The molecule has 2 aromatic rings. The van der Waals surface area contributed by atoms with E-state index in [2.05, 4.69) is 17.4 Å². The Balaban J connectivity index is 1.72. The number of aromatic hydroxyl groups is 1. The van der Waals surface area contributed by atoms with Crippen molar-refractivity contribution in [2.45, 2.75) is 25.4 Å². The number of amides is 1. The number of para-hydroxylation sites is 1. The first kappa shape index (κ1) is 15.6. The fraction of sp³-hybridized carbons (Fsp3) is 0.316. The molecule has 0 bridgehead atoms. The number of hydrogen-bond acceptors (Lipinski definition) is 3. The molecule has 23 heavy (non-hydrogen) atoms. The summed E-state index contributed by atoms with van der Waals surface area (Å²) in [6, 6.07) is 17.5. The number of carbonyl (C=O) groups excluding carboxylic acids is 1. The second-order valence-corrected chi connectivity index (χ2v) is 5.92. The minimum absolute atomic E-state index is 0.0536. The molecule has 1 amide bonds. The number of phenols is 1. The Hall–Kier alpha value is -2.33. The van der Waals surface area contributed by atoms with Crippen LogP contribution in [0, 0.1) is 0 Å². The van der Waals surface area contributed by atoms with E-state index in [-0.39, 0.29) is 11.9 Å². The molecule has 2 N–H and O–H groups in total. The van der Waals surface area contributed by atoms with E-state index in [1.165, 1.54) is 0 Å². The van der Waals surface area contributed by atoms with Crippen LogP contribution in [0.1, 0.15) is 30.0 Å². The minimum Gasteiger partial charge on any atom is -0.508 e. The van der Waals surface area contributed by atoms with E-state index in [4.69, 9.17) is 0 Å². The molecular weight excluding hydrogens is 288 g/mol. The molecule has 1 fully saturated rings. The Labute approximate surface area is 136 Å². The lowest BCUT2D eigenvalue weighted by molar-refractivity contribution is -0.128. The van der Waals surface area contributed by atoms with Gasteiger partial charge in [-0.25, -0.2) is 0 Å². The maximum atomic E-state index is 11.9. The number of nitrogens with one attached hydrogen (secondary N) is 1. The summed E-state index contributed by atoms with van der Waals surface area (Å²) in [5.74, 6) is 0.527. The van der Waals surface area contributed by atoms with Crippen LogP contribution < -0.4 is 5.32 Å². The van der Waals surface area contributed by atoms with E-state index >= 15 is 0 Å². The summed E-state index contributed by atoms with van der Waals surface area (Å²) in [6.45, 7) is 2.06. The molecule has 3 rings (SSSR count). The minimum atomic E-state index is 0.0536. The number of hydrogen-bond donors (Lipinski definition) is 2. The van der Waals surface area contributed by atoms with Crippen LogP contribution in [-0.2, 0) is 11.3 Å². The Morgan fingerprint density at radius 3 is 2.52 bits per heavy atom. The second kappa shape index (κ2) is 7.29. The van der Waals surface area contributed by atoms with Crippen LogP contribution >= 0.6 is 0 Å². The van der Waals surface area contributed by atoms with Crippen LogP contribution in [0.3, 0.4) is 0 Å². The third kappa shape index (κ3) is 3.90. The Morgan fingerprint density at radius 1 is 1.09 bits per heavy atom. The third-order valence-electron chi connectivity index (χ3n) is 4.31. The van der Waals surface area contributed by atoms with E-state index in [1.54, 1.807) is 6.07 Å². The molecule has 4 heteroatoms. The average molecular weight is 310 g/mol. The van der Waals surface area contributed by atoms with Crippen molar-refractivity contribution in [1.82, 2.24) is 10.2 Å². The first-order valence-electron chi connectivity index (χ1n) is 8.07. The topological polar surface area (TPSA) is 52.6 Å². The van der Waals surface area contributed by atoms with Gasteiger partial charge in [-0.1, -0.05) is 48.5 Å². The quantitative estimate of drug-likeness (QED) is 0.862. The summed E-state index contributed by atoms with van der Waals surface area (Å²) in [7, 11) is 0. The van der Waals surface area contributed by atoms with E-state index < -0.39 is 0 Å². The smallest absolute Gasteiger partial charge is 0.222 e. The zero-order valence-electron chi connectivity index (χ0n) is 13.1. The normalized spacial score (nSPS) is 15.8. The highest BCUT2D eigenvalue weighted by atomic mass is 16.3. The van der Waals surface area contributed by atoms with Crippen LogP contribution in [0.5, 0.6) is 5.75 Å². The second-order valence-electron chi connectivity index (χ2n) is 5.92. The van der Waals surface area contributed by atoms with E-state index in [9.17, 15) is 9.90 Å². The summed E-state index contributed by atoms with van der Waals surface area (Å²) in [4.78, 5) is 13.9. The van der Waals surface area contributed by atoms with Crippen LogP contribution in [0.25, 0.3) is 0 Å². The van der Waals surface area contributed by atoms with Crippen LogP contribution in [0.4, 0.5) is 0 Å². The van der Waals surface area contributed by atoms with Crippen LogP contribution in [0.2, 0.25) is 0 Å². The third-order valence-corrected chi connectivity index (χ3v) is 4.31. The van der Waals surface area contributed by atoms with Crippen LogP contribution in [0.15, 0.2) is 54.6 Å². The molecule has 1 atom stereocenters. The number of likely N-dealkylation sites (tertiary alicyclic amines) is 1. The Kier molecular flexibility index (Phi) is 4.93. The fourth-order valence-corrected chi connectivity index (χ4v) is 2.98. The molecule has 1 aliphatic rings. The molecule has 1 saturated heterocycles. The van der Waals surface area contributed by atoms with Crippen molar-refractivity contribution in [3.8, 4) is 5.75 Å². The van der Waals surface area contributed by atoms with Crippen molar-refractivity contribution in [3.05, 3.63) is 65.7 Å². The summed E-state index contributed by atoms with van der Waals surface area (Å²) < 4.78 is 0. The van der Waals surface area contributed by atoms with Gasteiger partial charge in [-0.15, -0.1) is 0 Å². The number of benzene rings is 2. The van der Waals surface area contributed by atoms with E-state index in [0.717, 1.165) is 24.1 Å². The highest BCUT2D eigenvalue weighted by molar-refractivity contribution is 5.78. The van der Waals surface area contributed by atoms with Crippen molar-refractivity contribution in [3.63, 3.8) is 0 Å². The fourth-order valence-electron chi connectivity index (χ4n) is 2.98. The summed E-state index contributed by atoms with van der Waals surface area (Å²) in [6.07, 6.45) is 1.60. The van der Waals surface area contributed by atoms with Crippen molar-refractivity contribution >= 4 is 5.91 Å². The molecule has 0 unspecified atom stereocenters. The average Bonchev–Trinajstić information content (AvgIpc) is 2.98. The molecule has 0 radical (unpaired) electrons. The number of nitrogens with zero attached hydrogens (tertiary/aromatic N) is 1. The number of carbonyl (C=O) groups is 1. The van der Waals surface area contributed by atoms with Crippen LogP contribution in [-0.4, -0.2) is 29.0 Å². The summed E-state index contributed by atoms with van der Waals surface area (Å²) >= 11 is 0. The summed E-state index contributed by atoms with van der Waals surface area (Å²) in [5, 5.41) is 13.4. The van der Waals surface area contributed by atoms with Gasteiger partial charge in [-0.3, -0.25) is 4.79 Å². The lowest BCUT2D eigenvalue weighted by Crippen LogP contribution is -2.35. The van der Waals surface area contributed by atoms with Crippen molar-refractivity contribution in [2.24, 2.45) is 0 Å². The largest absolute Gasteiger partial charge is 0.508 e. The standard InChI is InChI=1S/C19H22N2O2/c22-18-10-5-4-9-16(18)13-20-17(15-7-2-1-3-8-15)14-21-12-6-11-19(21)23/h1-5,7-10,17,20,22H,6,11-14H2/t17-/m1/s1. The molecule has 4 nitrogen and oxygen atoms in total. The maximum Gasteiger partial charge on any atom is 0.222 e. The van der Waals surface area contributed by atoms with E-state index in [0.29, 0.717) is 25.3 Å². The van der Waals surface area contributed by atoms with Gasteiger partial charge in [-0.2, -0.15) is 0 Å². The predicted molar refractivity (Wildman–Crippen MR) is 89.9 cm³/mol. The predicted octanol–water partition coefficient (Wildman–Crippen LogP) is 2.85. The highest BCUT2D eigenvalue weighted by Crippen LogP contribution is 2.21. The van der Waals surface area contributed by atoms with Crippen molar-refractivity contribution in [2.75, 3.05) is 13.1 Å². The maximum absolute atomic E-state index is 11.9. The van der Waals surface area contributed by atoms with E-state index in [1.807, 2.05) is 41.3 Å². The SMILES string of the molecule is O=C1CCCN1C[C@@H](NCc1ccccc1O)c1ccccc1. The van der Waals surface area contributed by atoms with Gasteiger partial charge < -0.3 is 15.3 Å². The van der Waals surface area contributed by atoms with Gasteiger partial charge >= 0.3 is 0 Å². The molecule has 0 aromatic heterocycles. The molecule has 2 aromatic carbocycles. The van der Waals surface area contributed by atoms with Crippen molar-refractivity contribution < 1.29 is 9.90 Å². The summed E-state index contributed by atoms with van der Waals surface area (Å²) in [5.41, 5.74) is 2.02. The van der Waals surface area contributed by atoms with Gasteiger partial charge in [0.05, 0.1) is 6.04 Å². The zero-order chi connectivity index (χ0) is 16.1. The first-order valence-corrected chi connectivity index (χ1v) is 8.07. The van der Waals surface area contributed by atoms with Gasteiger partial charge in [0.1, 0.15) is 5.75 Å². The number of phenolic OH excluding ortho intramolecular Hbond substituents is 1. The Morgan fingerprint density at radius 2 is 1.83 bits per heavy atom. The molecule has 0 saturated carbocycles. The molecule has 0 aliphatic carbocycles. The molecular formula is C19H22N2O2. The molecule has 1 heterocycles. The molecule has 1 aliphatic heterocycles. The Bertz CT molecular complexity index is 657. The molecule has 0 spiro atoms. The monoisotopic (exact) mass is 310 g/mol.